The Morgan fingerprint density at radius 3 is 2.00 bits per heavy atom. The second kappa shape index (κ2) is 16.4. The van der Waals surface area contributed by atoms with Crippen LogP contribution in [0.25, 0.3) is 6.08 Å². The first-order valence-corrected chi connectivity index (χ1v) is 13.7. The number of nitrogens with one attached hydrogen (secondary N) is 1. The summed E-state index contributed by atoms with van der Waals surface area (Å²) in [7, 11) is 1.02. The van der Waals surface area contributed by atoms with E-state index in [0.29, 0.717) is 5.56 Å². The van der Waals surface area contributed by atoms with Gasteiger partial charge in [0.15, 0.2) is 24.4 Å². The summed E-state index contributed by atoms with van der Waals surface area (Å²) in [5.74, 6) is -5.73. The number of hydrogen-bond acceptors (Lipinski definition) is 12. The van der Waals surface area contributed by atoms with E-state index in [0.717, 1.165) is 53.9 Å². The van der Waals surface area contributed by atoms with E-state index in [1.807, 2.05) is 0 Å². The third kappa shape index (κ3) is 10.9. The van der Waals surface area contributed by atoms with Crippen molar-refractivity contribution in [2.75, 3.05) is 13.7 Å². The molecular weight excluding hydrogens is 623 g/mol. The Labute approximate surface area is 262 Å². The summed E-state index contributed by atoms with van der Waals surface area (Å²) in [6.07, 6.45) is -8.19. The van der Waals surface area contributed by atoms with E-state index in [4.69, 9.17) is 28.4 Å². The topological polar surface area (TPSA) is 170 Å². The zero-order chi connectivity index (χ0) is 34.8. The molecule has 1 aromatic carbocycles. The normalized spacial score (nSPS) is 19.3. The predicted octanol–water partition coefficient (Wildman–Crippen LogP) is 2.80. The van der Waals surface area contributed by atoms with E-state index in [1.54, 1.807) is 0 Å². The SMILES string of the molecule is COC(=O)C1=C(C/C=C/c2ccc(C(F)(F)F)cc2)[C@H](OC(C)=O)[C@@H](NC(C)=O)[C@H]([C@@H](OC(C)=O)[C@@H](COC(C)=O)OC(C)=O)O1. The lowest BCUT2D eigenvalue weighted by molar-refractivity contribution is -0.192. The number of ether oxygens (including phenoxy) is 6. The van der Waals surface area contributed by atoms with Crippen LogP contribution >= 0.6 is 0 Å². The molecule has 1 heterocycles. The van der Waals surface area contributed by atoms with Crippen molar-refractivity contribution in [1.29, 1.82) is 0 Å². The fourth-order valence-electron chi connectivity index (χ4n) is 4.53. The number of esters is 5. The van der Waals surface area contributed by atoms with Crippen LogP contribution in [0.3, 0.4) is 0 Å². The van der Waals surface area contributed by atoms with Gasteiger partial charge in [-0.25, -0.2) is 4.79 Å². The van der Waals surface area contributed by atoms with Gasteiger partial charge in [0.05, 0.1) is 12.7 Å². The fraction of sp³-hybridized carbons (Fsp3) is 0.467. The number of amides is 1. The molecule has 0 unspecified atom stereocenters. The number of allylic oxidation sites excluding steroid dienone is 1. The Morgan fingerprint density at radius 2 is 1.52 bits per heavy atom. The standard InChI is InChI=1S/C30H34F3NO12/c1-15(35)34-24-25(44-18(4)38)22(9-7-8-20-10-12-21(13-11-20)30(31,32)33)26(29(40)41-6)46-28(24)27(45-19(5)39)23(43-17(3)37)14-42-16(2)36/h7-8,10-13,23-25,27-28H,9,14H2,1-6H3,(H,34,35)/b8-7+/t23-,24-,25+,27+,28-/m1/s1. The monoisotopic (exact) mass is 657 g/mol. The summed E-state index contributed by atoms with van der Waals surface area (Å²) in [6.45, 7) is 4.64. The average Bonchev–Trinajstić information content (AvgIpc) is 2.94. The van der Waals surface area contributed by atoms with Gasteiger partial charge in [0.1, 0.15) is 12.6 Å². The van der Waals surface area contributed by atoms with Crippen LogP contribution in [-0.4, -0.2) is 79.9 Å². The second-order valence-electron chi connectivity index (χ2n) is 9.94. The van der Waals surface area contributed by atoms with Crippen molar-refractivity contribution in [3.63, 3.8) is 0 Å². The van der Waals surface area contributed by atoms with Crippen molar-refractivity contribution in [2.24, 2.45) is 0 Å². The summed E-state index contributed by atoms with van der Waals surface area (Å²) in [6, 6.07) is 2.78. The summed E-state index contributed by atoms with van der Waals surface area (Å²) in [5, 5.41) is 2.55. The average molecular weight is 658 g/mol. The molecule has 0 saturated heterocycles. The molecule has 16 heteroatoms. The van der Waals surface area contributed by atoms with E-state index < -0.39 is 90.3 Å². The molecule has 0 aromatic heterocycles. The highest BCUT2D eigenvalue weighted by molar-refractivity contribution is 5.88. The van der Waals surface area contributed by atoms with Gasteiger partial charge in [-0.2, -0.15) is 13.2 Å². The smallest absolute Gasteiger partial charge is 0.416 e. The maximum Gasteiger partial charge on any atom is 0.416 e. The Hall–Kier alpha value is -4.89. The van der Waals surface area contributed by atoms with Crippen molar-refractivity contribution in [3.8, 4) is 0 Å². The number of alkyl halides is 3. The molecule has 1 aliphatic rings. The Morgan fingerprint density at radius 1 is 0.913 bits per heavy atom. The lowest BCUT2D eigenvalue weighted by Gasteiger charge is -2.43. The molecule has 1 amide bonds. The van der Waals surface area contributed by atoms with E-state index in [9.17, 15) is 41.9 Å². The molecule has 1 aromatic rings. The van der Waals surface area contributed by atoms with Crippen LogP contribution in [0.2, 0.25) is 0 Å². The van der Waals surface area contributed by atoms with Crippen molar-refractivity contribution >= 4 is 41.8 Å². The highest BCUT2D eigenvalue weighted by atomic mass is 19.4. The minimum atomic E-state index is -4.54. The Balaban J connectivity index is 2.72. The van der Waals surface area contributed by atoms with Crippen LogP contribution in [-0.2, 0) is 63.4 Å². The van der Waals surface area contributed by atoms with Crippen molar-refractivity contribution in [3.05, 3.63) is 52.8 Å². The molecule has 2 rings (SSSR count). The van der Waals surface area contributed by atoms with Gasteiger partial charge in [-0.3, -0.25) is 24.0 Å². The van der Waals surface area contributed by atoms with Gasteiger partial charge in [0, 0.05) is 40.2 Å². The summed E-state index contributed by atoms with van der Waals surface area (Å²) < 4.78 is 71.0. The van der Waals surface area contributed by atoms with E-state index in [2.05, 4.69) is 5.32 Å². The number of carbonyl (C=O) groups excluding carboxylic acids is 6. The van der Waals surface area contributed by atoms with Crippen LogP contribution in [0.5, 0.6) is 0 Å². The summed E-state index contributed by atoms with van der Waals surface area (Å²) >= 11 is 0. The molecular formula is C30H34F3NO12. The molecule has 0 radical (unpaired) electrons. The number of halogens is 3. The third-order valence-electron chi connectivity index (χ3n) is 6.25. The quantitative estimate of drug-likeness (QED) is 0.258. The number of methoxy groups -OCH3 is 1. The van der Waals surface area contributed by atoms with E-state index >= 15 is 0 Å². The van der Waals surface area contributed by atoms with Gasteiger partial charge in [-0.15, -0.1) is 0 Å². The third-order valence-corrected chi connectivity index (χ3v) is 6.25. The first kappa shape index (κ1) is 37.3. The highest BCUT2D eigenvalue weighted by Crippen LogP contribution is 2.35. The molecule has 0 bridgehead atoms. The first-order valence-electron chi connectivity index (χ1n) is 13.7. The molecule has 13 nitrogen and oxygen atoms in total. The first-order chi connectivity index (χ1) is 21.4. The second-order valence-corrected chi connectivity index (χ2v) is 9.94. The zero-order valence-corrected chi connectivity index (χ0v) is 25.8. The van der Waals surface area contributed by atoms with Crippen LogP contribution in [0, 0.1) is 0 Å². The molecule has 1 aliphatic heterocycles. The van der Waals surface area contributed by atoms with Crippen molar-refractivity contribution in [1.82, 2.24) is 5.32 Å². The minimum Gasteiger partial charge on any atom is -0.477 e. The fourth-order valence-corrected chi connectivity index (χ4v) is 4.53. The van der Waals surface area contributed by atoms with Crippen LogP contribution in [0.1, 0.15) is 52.2 Å². The number of carbonyl (C=O) groups is 6. The Kier molecular flexibility index (Phi) is 13.3. The number of hydrogen-bond donors (Lipinski definition) is 1. The van der Waals surface area contributed by atoms with Gasteiger partial charge in [-0.05, 0) is 24.1 Å². The zero-order valence-electron chi connectivity index (χ0n) is 25.8. The molecule has 0 fully saturated rings. The predicted molar refractivity (Wildman–Crippen MR) is 150 cm³/mol. The number of benzene rings is 1. The molecule has 0 saturated carbocycles. The number of rotatable bonds is 12. The van der Waals surface area contributed by atoms with Crippen molar-refractivity contribution < 1.29 is 70.4 Å². The van der Waals surface area contributed by atoms with Crippen LogP contribution in [0.15, 0.2) is 41.7 Å². The van der Waals surface area contributed by atoms with E-state index in [1.165, 1.54) is 24.3 Å². The molecule has 5 atom stereocenters. The Bertz CT molecular complexity index is 1370. The van der Waals surface area contributed by atoms with Gasteiger partial charge < -0.3 is 33.7 Å². The highest BCUT2D eigenvalue weighted by Gasteiger charge is 2.51. The molecule has 0 aliphatic carbocycles. The lowest BCUT2D eigenvalue weighted by Crippen LogP contribution is -2.63. The summed E-state index contributed by atoms with van der Waals surface area (Å²) in [4.78, 5) is 73.5. The molecule has 1 N–H and O–H groups in total. The maximum atomic E-state index is 13.0. The van der Waals surface area contributed by atoms with Gasteiger partial charge in [0.25, 0.3) is 0 Å². The lowest BCUT2D eigenvalue weighted by atomic mass is 9.87. The van der Waals surface area contributed by atoms with Crippen molar-refractivity contribution in [2.45, 2.75) is 77.7 Å². The maximum absolute atomic E-state index is 13.0. The van der Waals surface area contributed by atoms with Gasteiger partial charge in [-0.1, -0.05) is 24.3 Å². The largest absolute Gasteiger partial charge is 0.477 e. The van der Waals surface area contributed by atoms with E-state index in [-0.39, 0.29) is 12.0 Å². The van der Waals surface area contributed by atoms with Crippen LogP contribution < -0.4 is 5.32 Å². The summed E-state index contributed by atoms with van der Waals surface area (Å²) in [5.41, 5.74) is -0.538. The molecule has 0 spiro atoms. The minimum absolute atomic E-state index is 0.0363. The van der Waals surface area contributed by atoms with Gasteiger partial charge >= 0.3 is 36.0 Å². The van der Waals surface area contributed by atoms with Crippen LogP contribution in [0.4, 0.5) is 13.2 Å². The van der Waals surface area contributed by atoms with Gasteiger partial charge in [0.2, 0.25) is 11.7 Å². The molecule has 46 heavy (non-hydrogen) atoms. The molecule has 252 valence electrons.